The van der Waals surface area contributed by atoms with E-state index < -0.39 is 11.7 Å². The molecule has 0 aliphatic carbocycles. The Bertz CT molecular complexity index is 899. The second kappa shape index (κ2) is 7.53. The number of pyridine rings is 1. The molecule has 6 heteroatoms. The maximum atomic E-state index is 13.6. The Morgan fingerprint density at radius 1 is 0.960 bits per heavy atom. The molecule has 2 aromatic carbocycles. The Labute approximate surface area is 143 Å². The van der Waals surface area contributed by atoms with Crippen molar-refractivity contribution in [1.29, 1.82) is 0 Å². The van der Waals surface area contributed by atoms with Gasteiger partial charge in [0.05, 0.1) is 11.3 Å². The van der Waals surface area contributed by atoms with Crippen molar-refractivity contribution in [3.8, 4) is 0 Å². The zero-order valence-electron chi connectivity index (χ0n) is 13.2. The number of hydrogen-bond acceptors (Lipinski definition) is 3. The molecule has 1 amide bonds. The van der Waals surface area contributed by atoms with E-state index in [0.717, 1.165) is 0 Å². The van der Waals surface area contributed by atoms with Crippen LogP contribution < -0.4 is 10.6 Å². The predicted octanol–water partition coefficient (Wildman–Crippen LogP) is 4.22. The van der Waals surface area contributed by atoms with Crippen molar-refractivity contribution in [2.24, 2.45) is 0 Å². The summed E-state index contributed by atoms with van der Waals surface area (Å²) in [5, 5.41) is 5.63. The smallest absolute Gasteiger partial charge is 0.257 e. The largest absolute Gasteiger partial charge is 0.380 e. The molecule has 0 aliphatic heterocycles. The minimum atomic E-state index is -0.434. The number of halogens is 2. The summed E-state index contributed by atoms with van der Waals surface area (Å²) in [4.78, 5) is 16.3. The van der Waals surface area contributed by atoms with E-state index in [2.05, 4.69) is 15.6 Å². The molecule has 0 atom stereocenters. The second-order valence-electron chi connectivity index (χ2n) is 5.37. The van der Waals surface area contributed by atoms with E-state index in [1.165, 1.54) is 30.5 Å². The third kappa shape index (κ3) is 4.38. The first-order valence-electron chi connectivity index (χ1n) is 7.61. The highest BCUT2D eigenvalue weighted by atomic mass is 19.1. The zero-order chi connectivity index (χ0) is 17.6. The van der Waals surface area contributed by atoms with Gasteiger partial charge in [0, 0.05) is 30.2 Å². The van der Waals surface area contributed by atoms with Crippen LogP contribution in [0.1, 0.15) is 15.9 Å². The number of anilines is 2. The van der Waals surface area contributed by atoms with Gasteiger partial charge < -0.3 is 10.6 Å². The highest BCUT2D eigenvalue weighted by molar-refractivity contribution is 6.04. The van der Waals surface area contributed by atoms with Crippen LogP contribution >= 0.6 is 0 Å². The predicted molar refractivity (Wildman–Crippen MR) is 92.3 cm³/mol. The third-order valence-corrected chi connectivity index (χ3v) is 3.52. The number of carbonyl (C=O) groups is 1. The molecule has 0 unspecified atom stereocenters. The van der Waals surface area contributed by atoms with E-state index in [1.54, 1.807) is 36.5 Å². The lowest BCUT2D eigenvalue weighted by Crippen LogP contribution is -2.13. The van der Waals surface area contributed by atoms with Crippen LogP contribution in [-0.4, -0.2) is 10.9 Å². The monoisotopic (exact) mass is 339 g/mol. The normalized spacial score (nSPS) is 10.3. The van der Waals surface area contributed by atoms with Gasteiger partial charge in [-0.25, -0.2) is 8.78 Å². The maximum absolute atomic E-state index is 13.6. The molecule has 0 radical (unpaired) electrons. The Morgan fingerprint density at radius 2 is 1.80 bits per heavy atom. The van der Waals surface area contributed by atoms with Gasteiger partial charge in [0.1, 0.15) is 11.6 Å². The molecule has 1 aromatic heterocycles. The highest BCUT2D eigenvalue weighted by Gasteiger charge is 2.08. The Hall–Kier alpha value is -3.28. The van der Waals surface area contributed by atoms with Crippen molar-refractivity contribution < 1.29 is 13.6 Å². The van der Waals surface area contributed by atoms with E-state index in [9.17, 15) is 13.6 Å². The number of rotatable bonds is 5. The summed E-state index contributed by atoms with van der Waals surface area (Å²) in [6.45, 7) is 0.267. The molecule has 126 valence electrons. The molecule has 0 bridgehead atoms. The van der Waals surface area contributed by atoms with E-state index >= 15 is 0 Å². The Kier molecular flexibility index (Phi) is 4.99. The van der Waals surface area contributed by atoms with Crippen molar-refractivity contribution in [2.75, 3.05) is 10.6 Å². The van der Waals surface area contributed by atoms with Gasteiger partial charge in [0.2, 0.25) is 0 Å². The summed E-state index contributed by atoms with van der Waals surface area (Å²) in [6, 6.07) is 13.7. The average Bonchev–Trinajstić information content (AvgIpc) is 2.61. The van der Waals surface area contributed by atoms with E-state index in [1.807, 2.05) is 0 Å². The Balaban J connectivity index is 1.68. The average molecular weight is 339 g/mol. The van der Waals surface area contributed by atoms with Crippen LogP contribution in [0.5, 0.6) is 0 Å². The third-order valence-electron chi connectivity index (χ3n) is 3.52. The summed E-state index contributed by atoms with van der Waals surface area (Å²) >= 11 is 0. The van der Waals surface area contributed by atoms with Crippen molar-refractivity contribution in [3.63, 3.8) is 0 Å². The molecule has 25 heavy (non-hydrogen) atoms. The molecule has 2 N–H and O–H groups in total. The zero-order valence-corrected chi connectivity index (χ0v) is 13.2. The molecule has 1 heterocycles. The lowest BCUT2D eigenvalue weighted by atomic mass is 10.2. The van der Waals surface area contributed by atoms with Gasteiger partial charge in [-0.3, -0.25) is 9.78 Å². The lowest BCUT2D eigenvalue weighted by Gasteiger charge is -2.09. The molecule has 0 aliphatic rings. The number of nitrogens with zero attached hydrogens (tertiary/aromatic N) is 1. The maximum Gasteiger partial charge on any atom is 0.257 e. The number of amides is 1. The van der Waals surface area contributed by atoms with E-state index in [-0.39, 0.29) is 12.4 Å². The first kappa shape index (κ1) is 16.6. The topological polar surface area (TPSA) is 54.0 Å². The van der Waals surface area contributed by atoms with Crippen LogP contribution in [0.4, 0.5) is 20.2 Å². The minimum Gasteiger partial charge on any atom is -0.380 e. The summed E-state index contributed by atoms with van der Waals surface area (Å²) < 4.78 is 26.8. The second-order valence-corrected chi connectivity index (χ2v) is 5.37. The van der Waals surface area contributed by atoms with Crippen LogP contribution in [0.25, 0.3) is 0 Å². The summed E-state index contributed by atoms with van der Waals surface area (Å²) in [5.74, 6) is -1.15. The molecular formula is C19H15F2N3O. The quantitative estimate of drug-likeness (QED) is 0.732. The van der Waals surface area contributed by atoms with Crippen LogP contribution in [0.3, 0.4) is 0 Å². The number of benzene rings is 2. The van der Waals surface area contributed by atoms with E-state index in [0.29, 0.717) is 22.5 Å². The van der Waals surface area contributed by atoms with Gasteiger partial charge in [-0.05, 0) is 30.3 Å². The molecule has 0 saturated carbocycles. The number of nitrogens with one attached hydrogen (secondary N) is 2. The fourth-order valence-electron chi connectivity index (χ4n) is 2.27. The van der Waals surface area contributed by atoms with Gasteiger partial charge in [-0.15, -0.1) is 0 Å². The standard InChI is InChI=1S/C19H15F2N3O/c20-15-5-3-6-16(9-15)24-19(25)14-8-17(12-22-10-14)23-11-13-4-1-2-7-18(13)21/h1-10,12,23H,11H2,(H,24,25). The number of aromatic nitrogens is 1. The van der Waals surface area contributed by atoms with Crippen molar-refractivity contribution in [1.82, 2.24) is 4.98 Å². The van der Waals surface area contributed by atoms with Gasteiger partial charge in [0.15, 0.2) is 0 Å². The van der Waals surface area contributed by atoms with Gasteiger partial charge in [0.25, 0.3) is 5.91 Å². The SMILES string of the molecule is O=C(Nc1cccc(F)c1)c1cncc(NCc2ccccc2F)c1. The lowest BCUT2D eigenvalue weighted by molar-refractivity contribution is 0.102. The summed E-state index contributed by atoms with van der Waals surface area (Å²) in [5.41, 5.74) is 1.75. The molecular weight excluding hydrogens is 324 g/mol. The van der Waals surface area contributed by atoms with Crippen molar-refractivity contribution in [2.45, 2.75) is 6.54 Å². The van der Waals surface area contributed by atoms with Gasteiger partial charge in [-0.2, -0.15) is 0 Å². The first-order valence-corrected chi connectivity index (χ1v) is 7.61. The molecule has 3 rings (SSSR count). The summed E-state index contributed by atoms with van der Waals surface area (Å²) in [7, 11) is 0. The molecule has 3 aromatic rings. The molecule has 0 spiro atoms. The number of carbonyl (C=O) groups excluding carboxylic acids is 1. The number of hydrogen-bond donors (Lipinski definition) is 2. The van der Waals surface area contributed by atoms with Crippen LogP contribution in [0.15, 0.2) is 67.0 Å². The minimum absolute atomic E-state index is 0.267. The van der Waals surface area contributed by atoms with Crippen LogP contribution in [-0.2, 0) is 6.54 Å². The molecule has 4 nitrogen and oxygen atoms in total. The van der Waals surface area contributed by atoms with Crippen molar-refractivity contribution in [3.05, 3.63) is 89.8 Å². The van der Waals surface area contributed by atoms with Gasteiger partial charge >= 0.3 is 0 Å². The van der Waals surface area contributed by atoms with E-state index in [4.69, 9.17) is 0 Å². The molecule has 0 fully saturated rings. The van der Waals surface area contributed by atoms with Crippen molar-refractivity contribution >= 4 is 17.3 Å². The van der Waals surface area contributed by atoms with Crippen LogP contribution in [0.2, 0.25) is 0 Å². The van der Waals surface area contributed by atoms with Crippen LogP contribution in [0, 0.1) is 11.6 Å². The molecule has 0 saturated heterocycles. The Morgan fingerprint density at radius 3 is 2.60 bits per heavy atom. The van der Waals surface area contributed by atoms with Gasteiger partial charge in [-0.1, -0.05) is 24.3 Å². The fourth-order valence-corrected chi connectivity index (χ4v) is 2.27. The first-order chi connectivity index (χ1) is 12.1. The highest BCUT2D eigenvalue weighted by Crippen LogP contribution is 2.15. The fraction of sp³-hybridized carbons (Fsp3) is 0.0526. The summed E-state index contributed by atoms with van der Waals surface area (Å²) in [6.07, 6.45) is 2.95.